The molecular weight excluding hydrogens is 390 g/mol. The predicted octanol–water partition coefficient (Wildman–Crippen LogP) is 3.55. The summed E-state index contributed by atoms with van der Waals surface area (Å²) in [4.78, 5) is 14.0. The lowest BCUT2D eigenvalue weighted by molar-refractivity contribution is 0.0709. The summed E-state index contributed by atoms with van der Waals surface area (Å²) in [6, 6.07) is 7.82. The third-order valence-electron chi connectivity index (χ3n) is 4.73. The van der Waals surface area contributed by atoms with Crippen molar-refractivity contribution in [3.8, 4) is 0 Å². The fourth-order valence-electron chi connectivity index (χ4n) is 3.50. The van der Waals surface area contributed by atoms with Gasteiger partial charge in [-0.25, -0.2) is 4.79 Å². The SMILES string of the molecule is CCO[Si](CCCN(CC)c1ccc2c(CO)cc(=O)oc2c1)(OCC)OCC. The van der Waals surface area contributed by atoms with Gasteiger partial charge in [0.2, 0.25) is 0 Å². The van der Waals surface area contributed by atoms with Crippen LogP contribution in [0.15, 0.2) is 33.5 Å². The zero-order valence-corrected chi connectivity index (χ0v) is 18.9. The number of aliphatic hydroxyl groups is 1. The summed E-state index contributed by atoms with van der Waals surface area (Å²) in [6.45, 7) is 11.1. The molecule has 0 unspecified atom stereocenters. The maximum Gasteiger partial charge on any atom is 0.500 e. The van der Waals surface area contributed by atoms with Gasteiger partial charge in [0.05, 0.1) is 6.61 Å². The molecule has 0 radical (unpaired) electrons. The normalized spacial score (nSPS) is 11.9. The lowest BCUT2D eigenvalue weighted by atomic mass is 10.1. The number of fused-ring (bicyclic) bond motifs is 1. The zero-order valence-electron chi connectivity index (χ0n) is 17.9. The Bertz CT molecular complexity index is 807. The van der Waals surface area contributed by atoms with Crippen LogP contribution in [0, 0.1) is 0 Å². The molecule has 1 heterocycles. The van der Waals surface area contributed by atoms with Gasteiger partial charge < -0.3 is 27.7 Å². The number of nitrogens with zero attached hydrogens (tertiary/aromatic N) is 1. The topological polar surface area (TPSA) is 81.4 Å². The van der Waals surface area contributed by atoms with Gasteiger partial charge in [0.1, 0.15) is 5.58 Å². The number of benzene rings is 1. The molecule has 0 aliphatic rings. The van der Waals surface area contributed by atoms with Gasteiger partial charge in [0.25, 0.3) is 0 Å². The summed E-state index contributed by atoms with van der Waals surface area (Å²) in [5.41, 5.74) is 1.57. The Morgan fingerprint density at radius 2 is 1.69 bits per heavy atom. The first-order valence-electron chi connectivity index (χ1n) is 10.4. The molecule has 29 heavy (non-hydrogen) atoms. The molecule has 0 aliphatic carbocycles. The molecular formula is C21H33NO6Si. The van der Waals surface area contributed by atoms with Crippen molar-refractivity contribution in [2.75, 3.05) is 37.8 Å². The van der Waals surface area contributed by atoms with Crippen molar-refractivity contribution in [3.05, 3.63) is 40.2 Å². The van der Waals surface area contributed by atoms with Gasteiger partial charge >= 0.3 is 14.4 Å². The van der Waals surface area contributed by atoms with E-state index in [0.29, 0.717) is 31.0 Å². The van der Waals surface area contributed by atoms with E-state index >= 15 is 0 Å². The Labute approximate surface area is 173 Å². The minimum Gasteiger partial charge on any atom is -0.423 e. The molecule has 2 rings (SSSR count). The molecule has 0 fully saturated rings. The summed E-state index contributed by atoms with van der Waals surface area (Å²) in [5, 5.41) is 10.2. The van der Waals surface area contributed by atoms with Crippen molar-refractivity contribution < 1.29 is 22.8 Å². The van der Waals surface area contributed by atoms with Crippen molar-refractivity contribution in [2.45, 2.75) is 46.8 Å². The van der Waals surface area contributed by atoms with E-state index in [1.165, 1.54) is 6.07 Å². The standard InChI is InChI=1S/C21H33NO6Si/c1-5-22(12-9-13-29(25-6-2,26-7-3)27-8-4)18-10-11-19-17(16-23)14-21(24)28-20(19)15-18/h10-11,14-15,23H,5-9,12-13,16H2,1-4H3. The van der Waals surface area contributed by atoms with Crippen LogP contribution < -0.4 is 10.5 Å². The van der Waals surface area contributed by atoms with Crippen LogP contribution in [0.2, 0.25) is 6.04 Å². The fraction of sp³-hybridized carbons (Fsp3) is 0.571. The lowest BCUT2D eigenvalue weighted by Crippen LogP contribution is -2.46. The maximum absolute atomic E-state index is 11.8. The van der Waals surface area contributed by atoms with Gasteiger partial charge in [-0.15, -0.1) is 0 Å². The van der Waals surface area contributed by atoms with Gasteiger partial charge in [-0.2, -0.15) is 0 Å². The Morgan fingerprint density at radius 3 is 2.24 bits per heavy atom. The monoisotopic (exact) mass is 423 g/mol. The molecule has 7 nitrogen and oxygen atoms in total. The van der Waals surface area contributed by atoms with Crippen LogP contribution in [-0.4, -0.2) is 46.8 Å². The van der Waals surface area contributed by atoms with E-state index in [0.717, 1.165) is 36.6 Å². The van der Waals surface area contributed by atoms with Crippen molar-refractivity contribution in [2.24, 2.45) is 0 Å². The van der Waals surface area contributed by atoms with E-state index in [1.807, 2.05) is 39.0 Å². The summed E-state index contributed by atoms with van der Waals surface area (Å²) in [5.74, 6) is 0. The van der Waals surface area contributed by atoms with E-state index in [2.05, 4.69) is 11.8 Å². The summed E-state index contributed by atoms with van der Waals surface area (Å²) in [7, 11) is -2.65. The summed E-state index contributed by atoms with van der Waals surface area (Å²) >= 11 is 0. The molecule has 1 aromatic carbocycles. The van der Waals surface area contributed by atoms with Gasteiger partial charge in [0, 0.05) is 62.2 Å². The Kier molecular flexibility index (Phi) is 9.32. The third kappa shape index (κ3) is 6.13. The van der Waals surface area contributed by atoms with Crippen LogP contribution in [0.1, 0.15) is 39.7 Å². The minimum atomic E-state index is -2.65. The summed E-state index contributed by atoms with van der Waals surface area (Å²) in [6.07, 6.45) is 0.860. The largest absolute Gasteiger partial charge is 0.500 e. The second kappa shape index (κ2) is 11.5. The lowest BCUT2D eigenvalue weighted by Gasteiger charge is -2.30. The maximum atomic E-state index is 11.8. The van der Waals surface area contributed by atoms with Crippen molar-refractivity contribution in [1.82, 2.24) is 0 Å². The van der Waals surface area contributed by atoms with Gasteiger partial charge in [-0.05, 0) is 51.8 Å². The first-order chi connectivity index (χ1) is 14.0. The molecule has 0 amide bonds. The van der Waals surface area contributed by atoms with Crippen LogP contribution in [-0.2, 0) is 19.9 Å². The zero-order chi connectivity index (χ0) is 21.3. The Hall–Kier alpha value is -1.71. The smallest absolute Gasteiger partial charge is 0.423 e. The van der Waals surface area contributed by atoms with E-state index in [4.69, 9.17) is 17.7 Å². The number of rotatable bonds is 13. The number of aliphatic hydroxyl groups excluding tert-OH is 1. The van der Waals surface area contributed by atoms with Gasteiger partial charge in [-0.1, -0.05) is 0 Å². The number of hydrogen-bond acceptors (Lipinski definition) is 7. The number of anilines is 1. The van der Waals surface area contributed by atoms with Gasteiger partial charge in [0.15, 0.2) is 0 Å². The highest BCUT2D eigenvalue weighted by Crippen LogP contribution is 2.25. The van der Waals surface area contributed by atoms with Gasteiger partial charge in [-0.3, -0.25) is 0 Å². The van der Waals surface area contributed by atoms with Crippen LogP contribution >= 0.6 is 0 Å². The van der Waals surface area contributed by atoms with Crippen molar-refractivity contribution in [3.63, 3.8) is 0 Å². The first-order valence-corrected chi connectivity index (χ1v) is 12.3. The molecule has 1 N–H and O–H groups in total. The number of hydrogen-bond donors (Lipinski definition) is 1. The van der Waals surface area contributed by atoms with E-state index in [9.17, 15) is 9.90 Å². The Balaban J connectivity index is 2.15. The average Bonchev–Trinajstić information content (AvgIpc) is 2.70. The van der Waals surface area contributed by atoms with Crippen molar-refractivity contribution >= 4 is 25.5 Å². The fourth-order valence-corrected chi connectivity index (χ4v) is 6.10. The molecule has 162 valence electrons. The second-order valence-corrected chi connectivity index (χ2v) is 9.33. The molecule has 0 saturated carbocycles. The van der Waals surface area contributed by atoms with E-state index < -0.39 is 14.4 Å². The molecule has 1 aromatic heterocycles. The van der Waals surface area contributed by atoms with E-state index in [-0.39, 0.29) is 6.61 Å². The summed E-state index contributed by atoms with van der Waals surface area (Å²) < 4.78 is 23.1. The molecule has 0 bridgehead atoms. The third-order valence-corrected chi connectivity index (χ3v) is 7.89. The highest BCUT2D eigenvalue weighted by Gasteiger charge is 2.39. The molecule has 0 atom stereocenters. The highest BCUT2D eigenvalue weighted by molar-refractivity contribution is 6.60. The predicted molar refractivity (Wildman–Crippen MR) is 116 cm³/mol. The molecule has 8 heteroatoms. The average molecular weight is 424 g/mol. The quantitative estimate of drug-likeness (QED) is 0.390. The second-order valence-electron chi connectivity index (χ2n) is 6.59. The molecule has 0 aliphatic heterocycles. The van der Waals surface area contributed by atoms with E-state index in [1.54, 1.807) is 0 Å². The van der Waals surface area contributed by atoms with Crippen LogP contribution in [0.4, 0.5) is 5.69 Å². The first kappa shape index (κ1) is 23.6. The van der Waals surface area contributed by atoms with Crippen LogP contribution in [0.3, 0.4) is 0 Å². The molecule has 0 spiro atoms. The van der Waals surface area contributed by atoms with Crippen LogP contribution in [0.25, 0.3) is 11.0 Å². The van der Waals surface area contributed by atoms with Crippen LogP contribution in [0.5, 0.6) is 0 Å². The molecule has 2 aromatic rings. The highest BCUT2D eigenvalue weighted by atomic mass is 28.4. The minimum absolute atomic E-state index is 0.196. The van der Waals surface area contributed by atoms with Crippen molar-refractivity contribution in [1.29, 1.82) is 0 Å². The molecule has 0 saturated heterocycles. The Morgan fingerprint density at radius 1 is 1.03 bits per heavy atom.